The highest BCUT2D eigenvalue weighted by atomic mass is 16.4. The van der Waals surface area contributed by atoms with Crippen LogP contribution in [-0.2, 0) is 4.79 Å². The first-order valence-corrected chi connectivity index (χ1v) is 6.65. The summed E-state index contributed by atoms with van der Waals surface area (Å²) in [5, 5.41) is 9.04. The van der Waals surface area contributed by atoms with E-state index in [0.717, 1.165) is 12.8 Å². The summed E-state index contributed by atoms with van der Waals surface area (Å²) in [6.07, 6.45) is 10.5. The van der Waals surface area contributed by atoms with E-state index >= 15 is 0 Å². The van der Waals surface area contributed by atoms with Crippen LogP contribution in [0, 0.1) is 5.41 Å². The van der Waals surface area contributed by atoms with Crippen LogP contribution in [0.5, 0.6) is 0 Å². The van der Waals surface area contributed by atoms with E-state index in [1.54, 1.807) is 18.2 Å². The van der Waals surface area contributed by atoms with Crippen LogP contribution >= 0.6 is 0 Å². The lowest BCUT2D eigenvalue weighted by atomic mass is 9.80. The minimum absolute atomic E-state index is 0.0627. The quantitative estimate of drug-likeness (QED) is 0.545. The molecule has 0 radical (unpaired) electrons. The maximum absolute atomic E-state index is 11.0. The topological polar surface area (TPSA) is 63.3 Å². The lowest BCUT2D eigenvalue weighted by Gasteiger charge is -2.29. The molecule has 0 bridgehead atoms. The van der Waals surface area contributed by atoms with Crippen LogP contribution in [0.2, 0.25) is 0 Å². The molecule has 19 heavy (non-hydrogen) atoms. The van der Waals surface area contributed by atoms with Gasteiger partial charge in [0.05, 0.1) is 5.57 Å². The third-order valence-electron chi connectivity index (χ3n) is 2.51. The van der Waals surface area contributed by atoms with Gasteiger partial charge in [-0.15, -0.1) is 0 Å². The van der Waals surface area contributed by atoms with Gasteiger partial charge in [0.1, 0.15) is 0 Å². The van der Waals surface area contributed by atoms with E-state index in [9.17, 15) is 4.79 Å². The molecule has 108 valence electrons. The van der Waals surface area contributed by atoms with E-state index in [2.05, 4.69) is 13.8 Å². The van der Waals surface area contributed by atoms with Gasteiger partial charge in [0.15, 0.2) is 0 Å². The number of rotatable bonds is 7. The molecule has 0 aromatic rings. The Kier molecular flexibility index (Phi) is 6.77. The van der Waals surface area contributed by atoms with Crippen LogP contribution in [-0.4, -0.2) is 16.6 Å². The van der Waals surface area contributed by atoms with Crippen LogP contribution in [0.25, 0.3) is 0 Å². The molecule has 0 saturated carbocycles. The van der Waals surface area contributed by atoms with Gasteiger partial charge >= 0.3 is 5.97 Å². The number of carboxylic acids is 1. The molecule has 0 heterocycles. The van der Waals surface area contributed by atoms with Crippen LogP contribution in [0.4, 0.5) is 0 Å². The highest BCUT2D eigenvalue weighted by molar-refractivity contribution is 5.90. The van der Waals surface area contributed by atoms with Crippen molar-refractivity contribution in [2.45, 2.75) is 53.0 Å². The Morgan fingerprint density at radius 3 is 2.26 bits per heavy atom. The molecule has 3 heteroatoms. The monoisotopic (exact) mass is 265 g/mol. The standard InChI is InChI=1S/C16H27NO2/c1-6-7-9-13(14(18)19)10-8-11-15(2,3)12-16(4,5)17/h7-11H,6,12,17H2,1-5H3,(H,18,19)/b9-7-,11-8+,13-10+. The maximum atomic E-state index is 11.0. The summed E-state index contributed by atoms with van der Waals surface area (Å²) in [4.78, 5) is 11.0. The van der Waals surface area contributed by atoms with Gasteiger partial charge in [-0.2, -0.15) is 0 Å². The zero-order valence-corrected chi connectivity index (χ0v) is 12.7. The molecule has 0 saturated heterocycles. The summed E-state index contributed by atoms with van der Waals surface area (Å²) < 4.78 is 0. The lowest BCUT2D eigenvalue weighted by molar-refractivity contribution is -0.132. The molecule has 0 fully saturated rings. The number of carbonyl (C=O) groups is 1. The fourth-order valence-electron chi connectivity index (χ4n) is 2.09. The van der Waals surface area contributed by atoms with Crippen molar-refractivity contribution in [2.24, 2.45) is 11.1 Å². The normalized spacial score (nSPS) is 14.5. The first-order chi connectivity index (χ1) is 8.57. The highest BCUT2D eigenvalue weighted by Crippen LogP contribution is 2.27. The first kappa shape index (κ1) is 17.6. The molecule has 0 rings (SSSR count). The molecular weight excluding hydrogens is 238 g/mol. The van der Waals surface area contributed by atoms with E-state index in [4.69, 9.17) is 10.8 Å². The van der Waals surface area contributed by atoms with E-state index in [1.165, 1.54) is 0 Å². The zero-order chi connectivity index (χ0) is 15.1. The van der Waals surface area contributed by atoms with Crippen molar-refractivity contribution in [3.05, 3.63) is 36.0 Å². The van der Waals surface area contributed by atoms with Crippen LogP contribution in [0.1, 0.15) is 47.5 Å². The average Bonchev–Trinajstić information content (AvgIpc) is 2.18. The molecule has 0 aromatic heterocycles. The zero-order valence-electron chi connectivity index (χ0n) is 12.7. The van der Waals surface area contributed by atoms with Crippen molar-refractivity contribution in [1.29, 1.82) is 0 Å². The van der Waals surface area contributed by atoms with E-state index < -0.39 is 5.97 Å². The summed E-state index contributed by atoms with van der Waals surface area (Å²) in [5.74, 6) is -0.911. The van der Waals surface area contributed by atoms with Crippen LogP contribution in [0.15, 0.2) is 36.0 Å². The smallest absolute Gasteiger partial charge is 0.335 e. The van der Waals surface area contributed by atoms with Crippen LogP contribution < -0.4 is 5.73 Å². The molecule has 0 spiro atoms. The number of aliphatic carboxylic acids is 1. The third-order valence-corrected chi connectivity index (χ3v) is 2.51. The second-order valence-electron chi connectivity index (χ2n) is 6.25. The lowest BCUT2D eigenvalue weighted by Crippen LogP contribution is -2.36. The molecule has 0 aliphatic heterocycles. The minimum atomic E-state index is -0.911. The van der Waals surface area contributed by atoms with E-state index in [0.29, 0.717) is 5.57 Å². The van der Waals surface area contributed by atoms with Gasteiger partial charge in [-0.25, -0.2) is 4.79 Å². The van der Waals surface area contributed by atoms with Gasteiger partial charge in [-0.3, -0.25) is 0 Å². The molecule has 0 unspecified atom stereocenters. The summed E-state index contributed by atoms with van der Waals surface area (Å²) in [6.45, 7) is 10.1. The largest absolute Gasteiger partial charge is 0.478 e. The number of hydrogen-bond acceptors (Lipinski definition) is 2. The molecule has 0 aliphatic carbocycles. The molecule has 0 aromatic carbocycles. The first-order valence-electron chi connectivity index (χ1n) is 6.65. The van der Waals surface area contributed by atoms with Gasteiger partial charge in [0, 0.05) is 5.54 Å². The Morgan fingerprint density at radius 1 is 1.26 bits per heavy atom. The van der Waals surface area contributed by atoms with Crippen molar-refractivity contribution in [3.63, 3.8) is 0 Å². The van der Waals surface area contributed by atoms with Gasteiger partial charge in [-0.1, -0.05) is 45.1 Å². The second-order valence-corrected chi connectivity index (χ2v) is 6.25. The predicted octanol–water partition coefficient (Wildman–Crippen LogP) is 3.67. The minimum Gasteiger partial charge on any atom is -0.478 e. The van der Waals surface area contributed by atoms with E-state index in [1.807, 2.05) is 32.9 Å². The predicted molar refractivity (Wildman–Crippen MR) is 81.0 cm³/mol. The number of allylic oxidation sites excluding steroid dienone is 4. The average molecular weight is 265 g/mol. The number of hydrogen-bond donors (Lipinski definition) is 2. The summed E-state index contributed by atoms with van der Waals surface area (Å²) in [6, 6.07) is 0. The van der Waals surface area contributed by atoms with Gasteiger partial charge in [0.2, 0.25) is 0 Å². The SMILES string of the molecule is CC\C=C/C(=C\C=C\C(C)(C)CC(C)(C)N)C(=O)O. The summed E-state index contributed by atoms with van der Waals surface area (Å²) >= 11 is 0. The Balaban J connectivity index is 4.86. The molecular formula is C16H27NO2. The molecule has 0 amide bonds. The van der Waals surface area contributed by atoms with Crippen molar-refractivity contribution >= 4 is 5.97 Å². The van der Waals surface area contributed by atoms with Crippen LogP contribution in [0.3, 0.4) is 0 Å². The summed E-state index contributed by atoms with van der Waals surface area (Å²) in [5.41, 5.74) is 6.00. The fraction of sp³-hybridized carbons (Fsp3) is 0.562. The van der Waals surface area contributed by atoms with Gasteiger partial charge < -0.3 is 10.8 Å². The molecule has 0 atom stereocenters. The Bertz CT molecular complexity index is 382. The maximum Gasteiger partial charge on any atom is 0.335 e. The summed E-state index contributed by atoms with van der Waals surface area (Å²) in [7, 11) is 0. The molecule has 0 aliphatic rings. The fourth-order valence-corrected chi connectivity index (χ4v) is 2.09. The molecule has 3 N–H and O–H groups in total. The van der Waals surface area contributed by atoms with Crippen molar-refractivity contribution in [3.8, 4) is 0 Å². The van der Waals surface area contributed by atoms with Crippen molar-refractivity contribution in [2.75, 3.05) is 0 Å². The number of carboxylic acid groups (broad SMARTS) is 1. The number of nitrogens with two attached hydrogens (primary N) is 1. The third kappa shape index (κ3) is 9.25. The highest BCUT2D eigenvalue weighted by Gasteiger charge is 2.22. The van der Waals surface area contributed by atoms with Crippen molar-refractivity contribution < 1.29 is 9.90 Å². The molecule has 3 nitrogen and oxygen atoms in total. The van der Waals surface area contributed by atoms with Gasteiger partial charge in [-0.05, 0) is 38.2 Å². The Morgan fingerprint density at radius 2 is 1.84 bits per heavy atom. The van der Waals surface area contributed by atoms with Gasteiger partial charge in [0.25, 0.3) is 0 Å². The Hall–Kier alpha value is -1.35. The Labute approximate surface area is 116 Å². The second kappa shape index (κ2) is 7.29. The van der Waals surface area contributed by atoms with Crippen molar-refractivity contribution in [1.82, 2.24) is 0 Å². The van der Waals surface area contributed by atoms with E-state index in [-0.39, 0.29) is 11.0 Å².